The monoisotopic (exact) mass is 165 g/mol. The third kappa shape index (κ3) is 0.903. The van der Waals surface area contributed by atoms with E-state index in [1.807, 2.05) is 0 Å². The molecule has 2 rings (SSSR count). The molecule has 0 atom stereocenters. The fourth-order valence-electron chi connectivity index (χ4n) is 1.18. The van der Waals surface area contributed by atoms with Crippen LogP contribution in [0.5, 0.6) is 0 Å². The topological polar surface area (TPSA) is 64.0 Å². The van der Waals surface area contributed by atoms with Crippen LogP contribution in [-0.4, -0.2) is 15.5 Å². The van der Waals surface area contributed by atoms with Crippen LogP contribution in [0.2, 0.25) is 0 Å². The number of nitrogens with one attached hydrogen (secondary N) is 1. The number of amides is 1. The number of aryl methyl sites for hydroxylation is 1. The summed E-state index contributed by atoms with van der Waals surface area (Å²) in [4.78, 5) is 26.1. The summed E-state index contributed by atoms with van der Waals surface area (Å²) < 4.78 is 1.31. The second-order valence-electron chi connectivity index (χ2n) is 2.69. The Morgan fingerprint density at radius 1 is 1.58 bits per heavy atom. The minimum Gasteiger partial charge on any atom is -0.294 e. The Kier molecular flexibility index (Phi) is 1.27. The molecule has 0 aromatic carbocycles. The Morgan fingerprint density at radius 2 is 2.33 bits per heavy atom. The van der Waals surface area contributed by atoms with E-state index in [2.05, 4.69) is 10.3 Å². The third-order valence-electron chi connectivity index (χ3n) is 1.69. The summed E-state index contributed by atoms with van der Waals surface area (Å²) in [5.41, 5.74) is 0.435. The molecule has 62 valence electrons. The van der Waals surface area contributed by atoms with Crippen LogP contribution in [0.1, 0.15) is 5.69 Å². The molecule has 12 heavy (non-hydrogen) atoms. The summed E-state index contributed by atoms with van der Waals surface area (Å²) in [5, 5.41) is 2.49. The fraction of sp³-hybridized carbons (Fsp3) is 0.286. The van der Waals surface area contributed by atoms with Gasteiger partial charge in [-0.15, -0.1) is 0 Å². The molecular formula is C7H7N3O2. The van der Waals surface area contributed by atoms with Gasteiger partial charge in [0.25, 0.3) is 5.56 Å². The van der Waals surface area contributed by atoms with E-state index in [9.17, 15) is 9.59 Å². The van der Waals surface area contributed by atoms with Gasteiger partial charge in [-0.1, -0.05) is 0 Å². The quantitative estimate of drug-likeness (QED) is 0.563. The van der Waals surface area contributed by atoms with Gasteiger partial charge in [0.1, 0.15) is 6.54 Å². The first-order valence-electron chi connectivity index (χ1n) is 3.55. The first-order chi connectivity index (χ1) is 5.66. The molecule has 1 aliphatic heterocycles. The van der Waals surface area contributed by atoms with Crippen molar-refractivity contribution in [1.29, 1.82) is 0 Å². The van der Waals surface area contributed by atoms with E-state index in [4.69, 9.17) is 0 Å². The van der Waals surface area contributed by atoms with Crippen LogP contribution in [0.3, 0.4) is 0 Å². The van der Waals surface area contributed by atoms with Crippen molar-refractivity contribution in [1.82, 2.24) is 9.55 Å². The number of aromatic nitrogens is 2. The van der Waals surface area contributed by atoms with Gasteiger partial charge in [-0.3, -0.25) is 19.5 Å². The zero-order valence-electron chi connectivity index (χ0n) is 6.50. The average Bonchev–Trinajstić information content (AvgIpc) is 2.29. The number of hydrogen-bond donors (Lipinski definition) is 1. The molecule has 5 nitrogen and oxygen atoms in total. The van der Waals surface area contributed by atoms with Crippen molar-refractivity contribution >= 4 is 11.9 Å². The first-order valence-corrected chi connectivity index (χ1v) is 3.55. The molecule has 5 heteroatoms. The number of nitrogens with zero attached hydrogens (tertiary/aromatic N) is 2. The number of hydrogen-bond acceptors (Lipinski definition) is 3. The van der Waals surface area contributed by atoms with E-state index in [1.165, 1.54) is 10.6 Å². The molecule has 2 heterocycles. The van der Waals surface area contributed by atoms with Crippen LogP contribution in [0, 0.1) is 6.92 Å². The molecule has 0 radical (unpaired) electrons. The van der Waals surface area contributed by atoms with Crippen LogP contribution < -0.4 is 10.9 Å². The molecule has 0 bridgehead atoms. The van der Waals surface area contributed by atoms with E-state index >= 15 is 0 Å². The van der Waals surface area contributed by atoms with E-state index < -0.39 is 0 Å². The van der Waals surface area contributed by atoms with Crippen molar-refractivity contribution in [2.24, 2.45) is 0 Å². The van der Waals surface area contributed by atoms with Gasteiger partial charge in [0, 0.05) is 11.8 Å². The van der Waals surface area contributed by atoms with Crippen LogP contribution in [0.15, 0.2) is 10.9 Å². The van der Waals surface area contributed by atoms with Gasteiger partial charge >= 0.3 is 0 Å². The summed E-state index contributed by atoms with van der Waals surface area (Å²) in [5.74, 6) is 0.162. The number of carbonyl (C=O) groups is 1. The normalized spacial score (nSPS) is 14.2. The Bertz CT molecular complexity index is 408. The highest BCUT2D eigenvalue weighted by Crippen LogP contribution is 2.07. The summed E-state index contributed by atoms with van der Waals surface area (Å²) >= 11 is 0. The van der Waals surface area contributed by atoms with Gasteiger partial charge in [-0.2, -0.15) is 0 Å². The minimum atomic E-state index is -0.190. The third-order valence-corrected chi connectivity index (χ3v) is 1.69. The van der Waals surface area contributed by atoms with E-state index in [0.717, 1.165) is 0 Å². The van der Waals surface area contributed by atoms with Crippen molar-refractivity contribution in [2.75, 3.05) is 5.32 Å². The van der Waals surface area contributed by atoms with E-state index in [1.54, 1.807) is 6.92 Å². The van der Waals surface area contributed by atoms with Crippen molar-refractivity contribution in [3.63, 3.8) is 0 Å². The number of rotatable bonds is 0. The zero-order valence-corrected chi connectivity index (χ0v) is 6.50. The van der Waals surface area contributed by atoms with E-state index in [0.29, 0.717) is 11.6 Å². The Balaban J connectivity index is 2.67. The maximum absolute atomic E-state index is 11.2. The van der Waals surface area contributed by atoms with Gasteiger partial charge in [-0.05, 0) is 6.92 Å². The first kappa shape index (κ1) is 7.02. The standard InChI is InChI=1S/C7H7N3O2/c1-4-2-6(12)10-3-5(11)9-7(10)8-4/h2H,3H2,1H3,(H,8,9,11). The minimum absolute atomic E-state index is 0.0848. The Hall–Kier alpha value is -1.65. The van der Waals surface area contributed by atoms with Gasteiger partial charge in [-0.25, -0.2) is 4.98 Å². The van der Waals surface area contributed by atoms with Crippen molar-refractivity contribution in [3.8, 4) is 0 Å². The number of anilines is 1. The molecule has 0 spiro atoms. The lowest BCUT2D eigenvalue weighted by molar-refractivity contribution is -0.115. The number of carbonyl (C=O) groups excluding carboxylic acids is 1. The predicted molar refractivity (Wildman–Crippen MR) is 41.9 cm³/mol. The molecule has 0 aliphatic carbocycles. The summed E-state index contributed by atoms with van der Waals surface area (Å²) in [7, 11) is 0. The molecule has 1 aromatic heterocycles. The average molecular weight is 165 g/mol. The molecule has 0 unspecified atom stereocenters. The lowest BCUT2D eigenvalue weighted by atomic mass is 10.4. The van der Waals surface area contributed by atoms with Gasteiger partial charge in [0.2, 0.25) is 11.9 Å². The fourth-order valence-corrected chi connectivity index (χ4v) is 1.18. The second-order valence-corrected chi connectivity index (χ2v) is 2.69. The predicted octanol–water partition coefficient (Wildman–Crippen LogP) is -0.496. The van der Waals surface area contributed by atoms with Crippen LogP contribution in [0.4, 0.5) is 5.95 Å². The molecule has 0 saturated carbocycles. The largest absolute Gasteiger partial charge is 0.294 e. The van der Waals surface area contributed by atoms with Crippen molar-refractivity contribution in [2.45, 2.75) is 13.5 Å². The SMILES string of the molecule is Cc1cc(=O)n2c(n1)NC(=O)C2. The molecule has 1 amide bonds. The molecule has 1 N–H and O–H groups in total. The Labute approximate surface area is 68.0 Å². The highest BCUT2D eigenvalue weighted by Gasteiger charge is 2.19. The summed E-state index contributed by atoms with van der Waals surface area (Å²) in [6, 6.07) is 1.41. The van der Waals surface area contributed by atoms with E-state index in [-0.39, 0.29) is 18.0 Å². The summed E-state index contributed by atoms with van der Waals surface area (Å²) in [6.07, 6.45) is 0. The lowest BCUT2D eigenvalue weighted by Crippen LogP contribution is -2.18. The lowest BCUT2D eigenvalue weighted by Gasteiger charge is -1.98. The van der Waals surface area contributed by atoms with Gasteiger partial charge in [0.15, 0.2) is 0 Å². The molecule has 1 aromatic rings. The molecule has 1 aliphatic rings. The summed E-state index contributed by atoms with van der Waals surface area (Å²) in [6.45, 7) is 1.80. The van der Waals surface area contributed by atoms with Crippen molar-refractivity contribution < 1.29 is 4.79 Å². The van der Waals surface area contributed by atoms with Crippen LogP contribution in [-0.2, 0) is 11.3 Å². The highest BCUT2D eigenvalue weighted by atomic mass is 16.2. The van der Waals surface area contributed by atoms with Gasteiger partial charge in [0.05, 0.1) is 0 Å². The van der Waals surface area contributed by atoms with Gasteiger partial charge < -0.3 is 0 Å². The zero-order chi connectivity index (χ0) is 8.72. The maximum atomic E-state index is 11.2. The van der Waals surface area contributed by atoms with Crippen LogP contribution in [0.25, 0.3) is 0 Å². The highest BCUT2D eigenvalue weighted by molar-refractivity contribution is 5.92. The van der Waals surface area contributed by atoms with Crippen LogP contribution >= 0.6 is 0 Å². The molecule has 0 fully saturated rings. The number of fused-ring (bicyclic) bond motifs is 1. The Morgan fingerprint density at radius 3 is 3.08 bits per heavy atom. The second kappa shape index (κ2) is 2.17. The molecular weight excluding hydrogens is 158 g/mol. The smallest absolute Gasteiger partial charge is 0.255 e. The maximum Gasteiger partial charge on any atom is 0.255 e. The van der Waals surface area contributed by atoms with Crippen molar-refractivity contribution in [3.05, 3.63) is 22.1 Å². The molecule has 0 saturated heterocycles.